The van der Waals surface area contributed by atoms with Crippen LogP contribution >= 0.6 is 63.7 Å². The number of alkyl halides is 4. The molecule has 13 rings (SSSR count). The predicted molar refractivity (Wildman–Crippen MR) is 382 cm³/mol. The molecule has 86 heavy (non-hydrogen) atoms. The van der Waals surface area contributed by atoms with Crippen molar-refractivity contribution >= 4 is 63.7 Å². The van der Waals surface area contributed by atoms with Gasteiger partial charge in [0.05, 0.1) is 0 Å². The summed E-state index contributed by atoms with van der Waals surface area (Å²) in [5.74, 6) is 0. The van der Waals surface area contributed by atoms with Gasteiger partial charge in [-0.05, 0) is 156 Å². The molecule has 0 bridgehead atoms. The van der Waals surface area contributed by atoms with Gasteiger partial charge in [0.15, 0.2) is 0 Å². The normalized spacial score (nSPS) is 11.2. The average molecular weight is 1360 g/mol. The van der Waals surface area contributed by atoms with Crippen LogP contribution in [0.4, 0.5) is 0 Å². The van der Waals surface area contributed by atoms with Crippen LogP contribution in [0.5, 0.6) is 0 Å². The summed E-state index contributed by atoms with van der Waals surface area (Å²) in [6.45, 7) is 0. The average Bonchev–Trinajstić information content (AvgIpc) is 0.809. The van der Waals surface area contributed by atoms with E-state index in [4.69, 9.17) is 0 Å². The molecule has 414 valence electrons. The first-order valence-electron chi connectivity index (χ1n) is 29.1. The van der Waals surface area contributed by atoms with Crippen molar-refractivity contribution in [2.45, 2.75) is 21.3 Å². The molecular weight excluding hydrogens is 1300 g/mol. The highest BCUT2D eigenvalue weighted by molar-refractivity contribution is 9.09. The van der Waals surface area contributed by atoms with E-state index in [9.17, 15) is 0 Å². The van der Waals surface area contributed by atoms with Crippen molar-refractivity contribution < 1.29 is 0 Å². The summed E-state index contributed by atoms with van der Waals surface area (Å²) in [6.07, 6.45) is 0. The lowest BCUT2D eigenvalue weighted by atomic mass is 9.73. The minimum Gasteiger partial charge on any atom is -0.0876 e. The maximum Gasteiger partial charge on any atom is 0.0283 e. The van der Waals surface area contributed by atoms with Crippen LogP contribution in [-0.4, -0.2) is 0 Å². The van der Waals surface area contributed by atoms with Gasteiger partial charge in [-0.2, -0.15) is 0 Å². The SMILES string of the molecule is BrCc1cc(CBr)cc(-c2c(-c3ccccc3)c(-c3ccccc3)c(-c3ccccc3)c(-c3ccccc3)c2-c2ccc(-c3c(-c4ccccc4)c(-c4ccccc4)c(-c4ccccc4)c(-c4ccccc4)c3-c3cc(CBr)cc(CBr)c3)cc2)c1. The zero-order valence-corrected chi connectivity index (χ0v) is 53.6. The van der Waals surface area contributed by atoms with Crippen LogP contribution < -0.4 is 0 Å². The topological polar surface area (TPSA) is 0 Å². The van der Waals surface area contributed by atoms with E-state index >= 15 is 0 Å². The lowest BCUT2D eigenvalue weighted by Gasteiger charge is -2.30. The molecule has 0 aliphatic carbocycles. The Kier molecular flexibility index (Phi) is 17.3. The Morgan fingerprint density at radius 2 is 0.267 bits per heavy atom. The molecule has 0 aliphatic rings. The van der Waals surface area contributed by atoms with E-state index in [0.717, 1.165) is 77.9 Å². The molecule has 0 saturated carbocycles. The Balaban J connectivity index is 1.24. The lowest BCUT2D eigenvalue weighted by molar-refractivity contribution is 1.35. The summed E-state index contributed by atoms with van der Waals surface area (Å²) >= 11 is 15.7. The van der Waals surface area contributed by atoms with Crippen molar-refractivity contribution in [3.63, 3.8) is 0 Å². The minimum absolute atomic E-state index is 0.714. The summed E-state index contributed by atoms with van der Waals surface area (Å²) in [4.78, 5) is 0. The molecule has 13 aromatic carbocycles. The Labute approximate surface area is 539 Å². The highest BCUT2D eigenvalue weighted by Crippen LogP contribution is 2.59. The molecule has 0 nitrogen and oxygen atoms in total. The van der Waals surface area contributed by atoms with Crippen molar-refractivity contribution in [3.05, 3.63) is 326 Å². The van der Waals surface area contributed by atoms with Crippen LogP contribution in [0.2, 0.25) is 0 Å². The number of hydrogen-bond donors (Lipinski definition) is 0. The molecule has 0 heterocycles. The minimum atomic E-state index is 0.714. The van der Waals surface area contributed by atoms with Gasteiger partial charge in [-0.25, -0.2) is 0 Å². The fraction of sp³-hybridized carbons (Fsp3) is 0.0488. The predicted octanol–water partition coefficient (Wildman–Crippen LogP) is 25.3. The quantitative estimate of drug-likeness (QED) is 0.0846. The highest BCUT2D eigenvalue weighted by atomic mass is 79.9. The molecule has 0 atom stereocenters. The Bertz CT molecular complexity index is 4140. The van der Waals surface area contributed by atoms with Crippen LogP contribution in [0.15, 0.2) is 303 Å². The largest absolute Gasteiger partial charge is 0.0876 e. The van der Waals surface area contributed by atoms with E-state index in [-0.39, 0.29) is 0 Å². The van der Waals surface area contributed by atoms with E-state index in [1.807, 2.05) is 0 Å². The van der Waals surface area contributed by atoms with Gasteiger partial charge in [-0.15, -0.1) is 0 Å². The zero-order chi connectivity index (χ0) is 58.3. The third-order valence-corrected chi connectivity index (χ3v) is 18.9. The van der Waals surface area contributed by atoms with Crippen LogP contribution in [-0.2, 0) is 21.3 Å². The van der Waals surface area contributed by atoms with Gasteiger partial charge in [0, 0.05) is 21.3 Å². The number of halogens is 4. The molecular formula is C82H58Br4. The van der Waals surface area contributed by atoms with E-state index < -0.39 is 0 Å². The standard InChI is InChI=1S/C82H58Br4/c83-51-55-45-56(52-84)48-69(47-55)81-77(65-37-21-7-22-38-65)73(61-29-13-3-14-30-61)71(59-25-9-1-10-26-59)75(63-33-17-5-18-34-63)79(81)67-41-43-68(44-42-67)80-76(64-35-19-6-20-36-64)72(60-27-11-2-12-28-60)74(62-31-15-4-16-32-62)78(66-39-23-8-24-40-66)82(80)70-49-57(53-85)46-58(50-70)54-86/h1-50H,51-54H2. The third-order valence-electron chi connectivity index (χ3n) is 16.3. The summed E-state index contributed by atoms with van der Waals surface area (Å²) in [6, 6.07) is 112. The molecule has 0 aliphatic heterocycles. The molecule has 0 spiro atoms. The number of benzene rings is 13. The van der Waals surface area contributed by atoms with Crippen molar-refractivity contribution in [1.29, 1.82) is 0 Å². The molecule has 0 amide bonds. The molecule has 0 saturated heterocycles. The Morgan fingerprint density at radius 1 is 0.140 bits per heavy atom. The van der Waals surface area contributed by atoms with Crippen molar-refractivity contribution in [2.75, 3.05) is 0 Å². The second kappa shape index (κ2) is 26.2. The first kappa shape index (κ1) is 56.9. The van der Waals surface area contributed by atoms with Crippen LogP contribution in [0.25, 0.3) is 134 Å². The number of rotatable bonds is 16. The molecule has 0 fully saturated rings. The second-order valence-electron chi connectivity index (χ2n) is 21.6. The van der Waals surface area contributed by atoms with Crippen molar-refractivity contribution in [3.8, 4) is 134 Å². The molecule has 13 aromatic rings. The summed E-state index contributed by atoms with van der Waals surface area (Å²) < 4.78 is 0. The molecule has 4 heteroatoms. The second-order valence-corrected chi connectivity index (χ2v) is 23.9. The lowest BCUT2D eigenvalue weighted by Crippen LogP contribution is -2.03. The summed E-state index contributed by atoms with van der Waals surface area (Å²) in [5.41, 5.74) is 32.7. The zero-order valence-electron chi connectivity index (χ0n) is 47.2. The van der Waals surface area contributed by atoms with Gasteiger partial charge in [-0.3, -0.25) is 0 Å². The molecule has 0 radical (unpaired) electrons. The van der Waals surface area contributed by atoms with Crippen molar-refractivity contribution in [2.24, 2.45) is 0 Å². The Morgan fingerprint density at radius 3 is 0.407 bits per heavy atom. The number of hydrogen-bond acceptors (Lipinski definition) is 0. The van der Waals surface area contributed by atoms with Gasteiger partial charge in [0.2, 0.25) is 0 Å². The molecule has 0 aromatic heterocycles. The first-order valence-corrected chi connectivity index (χ1v) is 33.5. The fourth-order valence-corrected chi connectivity index (χ4v) is 14.0. The van der Waals surface area contributed by atoms with E-state index in [1.54, 1.807) is 0 Å². The van der Waals surface area contributed by atoms with Gasteiger partial charge >= 0.3 is 0 Å². The maximum atomic E-state index is 3.93. The van der Waals surface area contributed by atoms with Gasteiger partial charge in [-0.1, -0.05) is 367 Å². The highest BCUT2D eigenvalue weighted by Gasteiger charge is 2.32. The van der Waals surface area contributed by atoms with Gasteiger partial charge in [0.1, 0.15) is 0 Å². The van der Waals surface area contributed by atoms with Gasteiger partial charge < -0.3 is 0 Å². The maximum absolute atomic E-state index is 3.93. The van der Waals surface area contributed by atoms with Crippen LogP contribution in [0.1, 0.15) is 22.3 Å². The van der Waals surface area contributed by atoms with Crippen LogP contribution in [0, 0.1) is 0 Å². The summed E-state index contributed by atoms with van der Waals surface area (Å²) in [7, 11) is 0. The fourth-order valence-electron chi connectivity index (χ4n) is 12.7. The van der Waals surface area contributed by atoms with Crippen molar-refractivity contribution in [1.82, 2.24) is 0 Å². The molecule has 0 N–H and O–H groups in total. The monoisotopic (exact) mass is 1360 g/mol. The smallest absolute Gasteiger partial charge is 0.0283 e. The summed E-state index contributed by atoms with van der Waals surface area (Å²) in [5, 5.41) is 2.86. The molecule has 0 unspecified atom stereocenters. The van der Waals surface area contributed by atoms with Gasteiger partial charge in [0.25, 0.3) is 0 Å². The first-order chi connectivity index (χ1) is 42.5. The van der Waals surface area contributed by atoms with E-state index in [2.05, 4.69) is 367 Å². The van der Waals surface area contributed by atoms with E-state index in [0.29, 0.717) is 21.3 Å². The van der Waals surface area contributed by atoms with Crippen LogP contribution in [0.3, 0.4) is 0 Å². The Hall–Kier alpha value is -8.22. The third kappa shape index (κ3) is 11.3. The van der Waals surface area contributed by atoms with E-state index in [1.165, 1.54) is 77.9 Å².